The maximum atomic E-state index is 11.3. The number of hydrogen-bond acceptors (Lipinski definition) is 3. The van der Waals surface area contributed by atoms with E-state index in [0.29, 0.717) is 0 Å². The van der Waals surface area contributed by atoms with Crippen molar-refractivity contribution in [2.45, 2.75) is 32.1 Å². The molecule has 0 N–H and O–H groups in total. The zero-order valence-electron chi connectivity index (χ0n) is 10.3. The Morgan fingerprint density at radius 2 is 2.31 bits per heavy atom. The second kappa shape index (κ2) is 7.44. The minimum atomic E-state index is -0.0471. The molecule has 0 aromatic heterocycles. The summed E-state index contributed by atoms with van der Waals surface area (Å²) < 4.78 is 4.76. The van der Waals surface area contributed by atoms with Gasteiger partial charge in [-0.2, -0.15) is 0 Å². The van der Waals surface area contributed by atoms with Crippen molar-refractivity contribution in [3.8, 4) is 0 Å². The number of carbonyl (C=O) groups excluding carboxylic acids is 1. The molecule has 1 rings (SSSR count). The topological polar surface area (TPSA) is 29.5 Å². The maximum Gasteiger partial charge on any atom is 0.310 e. The molecule has 0 amide bonds. The van der Waals surface area contributed by atoms with Gasteiger partial charge in [-0.05, 0) is 38.8 Å². The third-order valence-electron chi connectivity index (χ3n) is 3.19. The van der Waals surface area contributed by atoms with Crippen molar-refractivity contribution < 1.29 is 9.53 Å². The fourth-order valence-corrected chi connectivity index (χ4v) is 2.20. The first-order valence-corrected chi connectivity index (χ1v) is 6.19. The Kier molecular flexibility index (Phi) is 6.16. The van der Waals surface area contributed by atoms with Crippen LogP contribution in [0, 0.1) is 5.92 Å². The van der Waals surface area contributed by atoms with Crippen molar-refractivity contribution in [2.75, 3.05) is 26.7 Å². The average Bonchev–Trinajstić information content (AvgIpc) is 2.76. The molecular weight excluding hydrogens is 202 g/mol. The van der Waals surface area contributed by atoms with Crippen molar-refractivity contribution in [2.24, 2.45) is 5.92 Å². The fourth-order valence-electron chi connectivity index (χ4n) is 2.20. The Morgan fingerprint density at radius 1 is 1.50 bits per heavy atom. The summed E-state index contributed by atoms with van der Waals surface area (Å²) in [5.41, 5.74) is 0. The zero-order valence-corrected chi connectivity index (χ0v) is 10.3. The van der Waals surface area contributed by atoms with Gasteiger partial charge in [0.25, 0.3) is 0 Å². The lowest BCUT2D eigenvalue weighted by Gasteiger charge is -2.14. The van der Waals surface area contributed by atoms with Crippen LogP contribution in [0.5, 0.6) is 0 Å². The van der Waals surface area contributed by atoms with Crippen molar-refractivity contribution in [3.63, 3.8) is 0 Å². The van der Waals surface area contributed by atoms with Gasteiger partial charge in [0.2, 0.25) is 0 Å². The second-order valence-corrected chi connectivity index (χ2v) is 4.45. The van der Waals surface area contributed by atoms with E-state index in [9.17, 15) is 4.79 Å². The summed E-state index contributed by atoms with van der Waals surface area (Å²) in [6.45, 7) is 6.75. The summed E-state index contributed by atoms with van der Waals surface area (Å²) in [5, 5.41) is 0. The van der Waals surface area contributed by atoms with E-state index in [1.54, 1.807) is 0 Å². The molecule has 1 atom stereocenters. The van der Waals surface area contributed by atoms with Gasteiger partial charge in [0, 0.05) is 6.54 Å². The van der Waals surface area contributed by atoms with Crippen LogP contribution in [0.15, 0.2) is 12.7 Å². The molecule has 0 aliphatic carbocycles. The molecule has 1 fully saturated rings. The van der Waals surface area contributed by atoms with Crippen LogP contribution in [0.1, 0.15) is 32.1 Å². The van der Waals surface area contributed by atoms with Crippen molar-refractivity contribution in [1.82, 2.24) is 4.90 Å². The van der Waals surface area contributed by atoms with Crippen molar-refractivity contribution >= 4 is 5.97 Å². The molecule has 3 heteroatoms. The lowest BCUT2D eigenvalue weighted by Crippen LogP contribution is -2.24. The molecule has 0 bridgehead atoms. The highest BCUT2D eigenvalue weighted by molar-refractivity contribution is 5.72. The molecule has 0 radical (unpaired) electrons. The normalized spacial score (nSPS) is 20.9. The summed E-state index contributed by atoms with van der Waals surface area (Å²) in [6, 6.07) is 0. The molecule has 1 heterocycles. The third kappa shape index (κ3) is 4.35. The zero-order chi connectivity index (χ0) is 11.8. The van der Waals surface area contributed by atoms with Gasteiger partial charge in [0.05, 0.1) is 13.0 Å². The Bertz CT molecular complexity index is 228. The first-order chi connectivity index (χ1) is 7.77. The Morgan fingerprint density at radius 3 is 3.00 bits per heavy atom. The number of allylic oxidation sites excluding steroid dienone is 1. The van der Waals surface area contributed by atoms with Crippen LogP contribution in [-0.4, -0.2) is 37.6 Å². The van der Waals surface area contributed by atoms with Crippen molar-refractivity contribution in [3.05, 3.63) is 12.7 Å². The summed E-state index contributed by atoms with van der Waals surface area (Å²) in [4.78, 5) is 13.7. The van der Waals surface area contributed by atoms with Gasteiger partial charge < -0.3 is 9.64 Å². The molecule has 1 saturated heterocycles. The average molecular weight is 225 g/mol. The molecule has 3 nitrogen and oxygen atoms in total. The number of methoxy groups -OCH3 is 1. The van der Waals surface area contributed by atoms with Gasteiger partial charge in [-0.3, -0.25) is 4.79 Å². The lowest BCUT2D eigenvalue weighted by molar-refractivity contribution is -0.144. The summed E-state index contributed by atoms with van der Waals surface area (Å²) in [6.07, 6.45) is 7.76. The van der Waals surface area contributed by atoms with E-state index in [1.807, 2.05) is 6.08 Å². The van der Waals surface area contributed by atoms with Crippen LogP contribution in [0.4, 0.5) is 0 Å². The molecule has 16 heavy (non-hydrogen) atoms. The van der Waals surface area contributed by atoms with Crippen LogP contribution in [0.2, 0.25) is 0 Å². The summed E-state index contributed by atoms with van der Waals surface area (Å²) >= 11 is 0. The van der Waals surface area contributed by atoms with Gasteiger partial charge in [-0.1, -0.05) is 12.5 Å². The molecule has 92 valence electrons. The van der Waals surface area contributed by atoms with E-state index < -0.39 is 0 Å². The van der Waals surface area contributed by atoms with Gasteiger partial charge in [-0.15, -0.1) is 6.58 Å². The summed E-state index contributed by atoms with van der Waals surface area (Å²) in [5.74, 6) is 0.0623. The van der Waals surface area contributed by atoms with E-state index in [2.05, 4.69) is 11.5 Å². The van der Waals surface area contributed by atoms with Gasteiger partial charge in [-0.25, -0.2) is 0 Å². The largest absolute Gasteiger partial charge is 0.469 e. The quantitative estimate of drug-likeness (QED) is 0.378. The number of nitrogens with zero attached hydrogens (tertiary/aromatic N) is 1. The highest BCUT2D eigenvalue weighted by Gasteiger charge is 2.28. The number of rotatable bonds is 7. The van der Waals surface area contributed by atoms with E-state index in [-0.39, 0.29) is 11.9 Å². The number of likely N-dealkylation sites (tertiary alicyclic amines) is 1. The minimum Gasteiger partial charge on any atom is -0.469 e. The van der Waals surface area contributed by atoms with E-state index in [1.165, 1.54) is 26.4 Å². The Balaban J connectivity index is 2.07. The molecule has 1 aliphatic heterocycles. The van der Waals surface area contributed by atoms with Crippen LogP contribution in [0.3, 0.4) is 0 Å². The monoisotopic (exact) mass is 225 g/mol. The SMILES string of the molecule is C=CCCCCCN1CCC(C(=O)OC)C1. The first kappa shape index (κ1) is 13.2. The molecule has 0 aromatic rings. The van der Waals surface area contributed by atoms with Gasteiger partial charge in [0.1, 0.15) is 0 Å². The number of carbonyl (C=O) groups is 1. The van der Waals surface area contributed by atoms with Crippen molar-refractivity contribution in [1.29, 1.82) is 0 Å². The third-order valence-corrected chi connectivity index (χ3v) is 3.19. The lowest BCUT2D eigenvalue weighted by atomic mass is 10.1. The molecule has 1 unspecified atom stereocenters. The fraction of sp³-hybridized carbons (Fsp3) is 0.769. The van der Waals surface area contributed by atoms with E-state index in [0.717, 1.165) is 32.5 Å². The smallest absolute Gasteiger partial charge is 0.310 e. The highest BCUT2D eigenvalue weighted by atomic mass is 16.5. The van der Waals surface area contributed by atoms with Crippen LogP contribution >= 0.6 is 0 Å². The molecule has 0 aromatic carbocycles. The number of esters is 1. The molecule has 0 saturated carbocycles. The molecule has 1 aliphatic rings. The van der Waals surface area contributed by atoms with E-state index in [4.69, 9.17) is 4.74 Å². The number of ether oxygens (including phenoxy) is 1. The highest BCUT2D eigenvalue weighted by Crippen LogP contribution is 2.18. The van der Waals surface area contributed by atoms with Crippen LogP contribution in [0.25, 0.3) is 0 Å². The second-order valence-electron chi connectivity index (χ2n) is 4.45. The predicted octanol–water partition coefficient (Wildman–Crippen LogP) is 2.23. The van der Waals surface area contributed by atoms with Crippen LogP contribution < -0.4 is 0 Å². The maximum absolute atomic E-state index is 11.3. The Hall–Kier alpha value is -0.830. The number of hydrogen-bond donors (Lipinski definition) is 0. The minimum absolute atomic E-state index is 0.0471. The molecular formula is C13H23NO2. The molecule has 0 spiro atoms. The standard InChI is InChI=1S/C13H23NO2/c1-3-4-5-6-7-9-14-10-8-12(11-14)13(15)16-2/h3,12H,1,4-11H2,2H3. The Labute approximate surface area is 98.5 Å². The summed E-state index contributed by atoms with van der Waals surface area (Å²) in [7, 11) is 1.47. The first-order valence-electron chi connectivity index (χ1n) is 6.19. The number of unbranched alkanes of at least 4 members (excludes halogenated alkanes) is 3. The van der Waals surface area contributed by atoms with Gasteiger partial charge >= 0.3 is 5.97 Å². The van der Waals surface area contributed by atoms with E-state index >= 15 is 0 Å². The van der Waals surface area contributed by atoms with Crippen LogP contribution in [-0.2, 0) is 9.53 Å². The predicted molar refractivity (Wildman–Crippen MR) is 65.2 cm³/mol. The van der Waals surface area contributed by atoms with Gasteiger partial charge in [0.15, 0.2) is 0 Å².